The van der Waals surface area contributed by atoms with Gasteiger partial charge in [-0.3, -0.25) is 4.79 Å². The quantitative estimate of drug-likeness (QED) is 0.572. The molecule has 0 saturated heterocycles. The largest absolute Gasteiger partial charge is 0.492 e. The Kier molecular flexibility index (Phi) is 8.01. The zero-order valence-electron chi connectivity index (χ0n) is 16.1. The van der Waals surface area contributed by atoms with E-state index in [4.69, 9.17) is 21.7 Å². The molecule has 150 valence electrons. The summed E-state index contributed by atoms with van der Waals surface area (Å²) in [6.45, 7) is 7.13. The van der Waals surface area contributed by atoms with Crippen molar-refractivity contribution in [3.05, 3.63) is 47.8 Å². The van der Waals surface area contributed by atoms with E-state index in [-0.39, 0.29) is 5.56 Å². The van der Waals surface area contributed by atoms with Crippen LogP contribution in [0.15, 0.2) is 36.4 Å². The maximum Gasteiger partial charge on any atom is 0.255 e. The number of benzene rings is 2. The average Bonchev–Trinajstić information content (AvgIpc) is 2.65. The van der Waals surface area contributed by atoms with Gasteiger partial charge in [-0.2, -0.15) is 0 Å². The number of thiocarbonyl (C=S) groups is 1. The number of ether oxygens (including phenoxy) is 2. The molecule has 3 N–H and O–H groups in total. The zero-order valence-corrected chi connectivity index (χ0v) is 16.9. The molecule has 0 heterocycles. The summed E-state index contributed by atoms with van der Waals surface area (Å²) in [7, 11) is 0. The van der Waals surface area contributed by atoms with Crippen LogP contribution in [0.5, 0.6) is 11.5 Å². The summed E-state index contributed by atoms with van der Waals surface area (Å²) in [6.07, 6.45) is 0. The van der Waals surface area contributed by atoms with Crippen molar-refractivity contribution in [2.45, 2.75) is 20.8 Å². The molecule has 1 amide bonds. The normalized spacial score (nSPS) is 10.1. The summed E-state index contributed by atoms with van der Waals surface area (Å²) < 4.78 is 24.8. The smallest absolute Gasteiger partial charge is 0.255 e. The van der Waals surface area contributed by atoms with Crippen molar-refractivity contribution < 1.29 is 18.7 Å². The van der Waals surface area contributed by atoms with E-state index in [0.717, 1.165) is 0 Å². The highest BCUT2D eigenvalue weighted by Gasteiger charge is 2.16. The van der Waals surface area contributed by atoms with Crippen LogP contribution < -0.4 is 25.4 Å². The highest BCUT2D eigenvalue weighted by Crippen LogP contribution is 2.37. The van der Waals surface area contributed by atoms with E-state index in [1.807, 2.05) is 20.8 Å². The summed E-state index contributed by atoms with van der Waals surface area (Å²) in [5, 5.41) is 9.28. The van der Waals surface area contributed by atoms with Gasteiger partial charge in [-0.1, -0.05) is 6.07 Å². The van der Waals surface area contributed by atoms with E-state index < -0.39 is 11.7 Å². The number of halogens is 1. The van der Waals surface area contributed by atoms with Gasteiger partial charge in [0, 0.05) is 24.2 Å². The molecule has 0 spiro atoms. The molecule has 0 radical (unpaired) electrons. The summed E-state index contributed by atoms with van der Waals surface area (Å²) in [4.78, 5) is 12.5. The second-order valence-corrected chi connectivity index (χ2v) is 6.07. The second kappa shape index (κ2) is 10.5. The van der Waals surface area contributed by atoms with Gasteiger partial charge in [-0.15, -0.1) is 0 Å². The lowest BCUT2D eigenvalue weighted by molar-refractivity contribution is 0.102. The van der Waals surface area contributed by atoms with Crippen molar-refractivity contribution in [2.75, 3.05) is 30.4 Å². The lowest BCUT2D eigenvalue weighted by atomic mass is 10.2. The fraction of sp³-hybridized carbons (Fsp3) is 0.300. The van der Waals surface area contributed by atoms with Gasteiger partial charge in [0.25, 0.3) is 5.91 Å². The molecule has 28 heavy (non-hydrogen) atoms. The van der Waals surface area contributed by atoms with Gasteiger partial charge in [0.15, 0.2) is 5.11 Å². The van der Waals surface area contributed by atoms with Crippen molar-refractivity contribution in [3.63, 3.8) is 0 Å². The van der Waals surface area contributed by atoms with Crippen LogP contribution in [0.2, 0.25) is 0 Å². The van der Waals surface area contributed by atoms with Crippen LogP contribution in [0.4, 0.5) is 15.8 Å². The molecule has 2 rings (SSSR count). The number of anilines is 2. The Morgan fingerprint density at radius 1 is 1.00 bits per heavy atom. The zero-order chi connectivity index (χ0) is 20.5. The Labute approximate surface area is 169 Å². The number of nitrogens with one attached hydrogen (secondary N) is 3. The van der Waals surface area contributed by atoms with E-state index in [1.54, 1.807) is 12.1 Å². The van der Waals surface area contributed by atoms with Gasteiger partial charge in [-0.25, -0.2) is 4.39 Å². The van der Waals surface area contributed by atoms with E-state index >= 15 is 0 Å². The Bertz CT molecular complexity index is 845. The number of carbonyl (C=O) groups is 1. The van der Waals surface area contributed by atoms with Gasteiger partial charge in [0.1, 0.15) is 17.3 Å². The number of carbonyl (C=O) groups excluding carboxylic acids is 1. The SMILES string of the molecule is CCNC(=S)Nc1cc(OCC)c(NC(=O)c2cccc(F)c2)cc1OCC. The first-order chi connectivity index (χ1) is 13.5. The molecule has 0 unspecified atom stereocenters. The number of hydrogen-bond donors (Lipinski definition) is 3. The van der Waals surface area contributed by atoms with Crippen LogP contribution in [0, 0.1) is 5.82 Å². The summed E-state index contributed by atoms with van der Waals surface area (Å²) in [6, 6.07) is 8.83. The average molecular weight is 405 g/mol. The highest BCUT2D eigenvalue weighted by molar-refractivity contribution is 7.80. The Morgan fingerprint density at radius 2 is 1.61 bits per heavy atom. The van der Waals surface area contributed by atoms with Crippen LogP contribution in [0.3, 0.4) is 0 Å². The van der Waals surface area contributed by atoms with Crippen LogP contribution in [0.25, 0.3) is 0 Å². The van der Waals surface area contributed by atoms with Gasteiger partial charge >= 0.3 is 0 Å². The molecule has 0 aliphatic heterocycles. The predicted octanol–water partition coefficient (Wildman–Crippen LogP) is 4.18. The first-order valence-corrected chi connectivity index (χ1v) is 9.44. The minimum absolute atomic E-state index is 0.205. The maximum absolute atomic E-state index is 13.4. The van der Waals surface area contributed by atoms with Crippen molar-refractivity contribution in [1.29, 1.82) is 0 Å². The first kappa shape index (κ1) is 21.4. The van der Waals surface area contributed by atoms with Crippen LogP contribution in [-0.2, 0) is 0 Å². The first-order valence-electron chi connectivity index (χ1n) is 9.03. The van der Waals surface area contributed by atoms with Gasteiger partial charge in [0.2, 0.25) is 0 Å². The Hall–Kier alpha value is -2.87. The highest BCUT2D eigenvalue weighted by atomic mass is 32.1. The van der Waals surface area contributed by atoms with Crippen LogP contribution in [-0.4, -0.2) is 30.8 Å². The molecule has 0 aromatic heterocycles. The predicted molar refractivity (Wildman–Crippen MR) is 113 cm³/mol. The summed E-state index contributed by atoms with van der Waals surface area (Å²) in [5.41, 5.74) is 1.23. The fourth-order valence-electron chi connectivity index (χ4n) is 2.46. The van der Waals surface area contributed by atoms with E-state index in [0.29, 0.717) is 47.7 Å². The molecule has 6 nitrogen and oxygen atoms in total. The second-order valence-electron chi connectivity index (χ2n) is 5.66. The molecule has 0 fully saturated rings. The number of rotatable bonds is 8. The molecule has 2 aromatic carbocycles. The molecule has 0 bridgehead atoms. The third-order valence-corrected chi connectivity index (χ3v) is 3.85. The Morgan fingerprint density at radius 3 is 2.14 bits per heavy atom. The number of hydrogen-bond acceptors (Lipinski definition) is 4. The van der Waals surface area contributed by atoms with Crippen molar-refractivity contribution in [3.8, 4) is 11.5 Å². The van der Waals surface area contributed by atoms with Gasteiger partial charge in [0.05, 0.1) is 24.6 Å². The molecule has 0 saturated carbocycles. The molecule has 0 aliphatic carbocycles. The third-order valence-electron chi connectivity index (χ3n) is 3.60. The topological polar surface area (TPSA) is 71.6 Å². The standard InChI is InChI=1S/C20H24FN3O3S/c1-4-22-20(28)24-16-12-17(26-5-2)15(11-18(16)27-6-3)23-19(25)13-8-7-9-14(21)10-13/h7-12H,4-6H2,1-3H3,(H,23,25)(H2,22,24,28). The fourth-order valence-corrected chi connectivity index (χ4v) is 2.71. The number of amides is 1. The Balaban J connectivity index is 2.37. The summed E-state index contributed by atoms with van der Waals surface area (Å²) in [5.74, 6) is 0.00852. The molecular formula is C20H24FN3O3S. The van der Waals surface area contributed by atoms with Crippen molar-refractivity contribution >= 4 is 34.6 Å². The van der Waals surface area contributed by atoms with Crippen LogP contribution in [0.1, 0.15) is 31.1 Å². The monoisotopic (exact) mass is 405 g/mol. The van der Waals surface area contributed by atoms with E-state index in [1.165, 1.54) is 24.3 Å². The molecule has 2 aromatic rings. The van der Waals surface area contributed by atoms with Gasteiger partial charge < -0.3 is 25.4 Å². The summed E-state index contributed by atoms with van der Waals surface area (Å²) >= 11 is 5.24. The minimum atomic E-state index is -0.482. The lowest BCUT2D eigenvalue weighted by Crippen LogP contribution is -2.28. The molecular weight excluding hydrogens is 381 g/mol. The van der Waals surface area contributed by atoms with Crippen molar-refractivity contribution in [1.82, 2.24) is 5.32 Å². The molecule has 0 aliphatic rings. The lowest BCUT2D eigenvalue weighted by Gasteiger charge is -2.18. The maximum atomic E-state index is 13.4. The van der Waals surface area contributed by atoms with Crippen molar-refractivity contribution in [2.24, 2.45) is 0 Å². The molecule has 8 heteroatoms. The minimum Gasteiger partial charge on any atom is -0.492 e. The van der Waals surface area contributed by atoms with E-state index in [9.17, 15) is 9.18 Å². The molecule has 0 atom stereocenters. The van der Waals surface area contributed by atoms with E-state index in [2.05, 4.69) is 16.0 Å². The third kappa shape index (κ3) is 5.82. The van der Waals surface area contributed by atoms with Crippen LogP contribution >= 0.6 is 12.2 Å². The van der Waals surface area contributed by atoms with Gasteiger partial charge in [-0.05, 0) is 51.2 Å².